The summed E-state index contributed by atoms with van der Waals surface area (Å²) in [5.74, 6) is 1.25. The molecule has 3 nitrogen and oxygen atoms in total. The lowest BCUT2D eigenvalue weighted by Crippen LogP contribution is -2.25. The number of carbonyl (C=O) groups excluding carboxylic acids is 1. The van der Waals surface area contributed by atoms with Crippen LogP contribution in [0.2, 0.25) is 0 Å². The molecule has 0 saturated heterocycles. The van der Waals surface area contributed by atoms with E-state index in [-0.39, 0.29) is 11.9 Å². The normalized spacial score (nSPS) is 32.6. The lowest BCUT2D eigenvalue weighted by molar-refractivity contribution is -0.149. The fourth-order valence-corrected chi connectivity index (χ4v) is 2.49. The van der Waals surface area contributed by atoms with Crippen molar-refractivity contribution in [3.05, 3.63) is 12.2 Å². The van der Waals surface area contributed by atoms with Crippen molar-refractivity contribution < 1.29 is 9.53 Å². The monoisotopic (exact) mass is 209 g/mol. The van der Waals surface area contributed by atoms with Gasteiger partial charge in [0.05, 0.1) is 5.92 Å². The second kappa shape index (κ2) is 4.35. The van der Waals surface area contributed by atoms with Crippen LogP contribution in [-0.4, -0.2) is 38.1 Å². The number of likely N-dealkylation sites (N-methyl/N-ethyl adjacent to an activating group) is 1. The average Bonchev–Trinajstić information content (AvgIpc) is 2.77. The van der Waals surface area contributed by atoms with Crippen LogP contribution in [0.15, 0.2) is 12.2 Å². The van der Waals surface area contributed by atoms with E-state index >= 15 is 0 Å². The number of carbonyl (C=O) groups is 1. The SMILES string of the molecule is CN(C)CCOC(=O)C1CC2C=CC1C2. The highest BCUT2D eigenvalue weighted by atomic mass is 16.5. The quantitative estimate of drug-likeness (QED) is 0.516. The zero-order valence-corrected chi connectivity index (χ0v) is 9.48. The Labute approximate surface area is 91.1 Å². The maximum Gasteiger partial charge on any atom is 0.309 e. The van der Waals surface area contributed by atoms with Crippen LogP contribution < -0.4 is 0 Å². The van der Waals surface area contributed by atoms with E-state index in [1.165, 1.54) is 0 Å². The van der Waals surface area contributed by atoms with Crippen molar-refractivity contribution in [3.8, 4) is 0 Å². The summed E-state index contributed by atoms with van der Waals surface area (Å²) in [5.41, 5.74) is 0. The molecular formula is C12H19NO2. The van der Waals surface area contributed by atoms with Gasteiger partial charge in [0.1, 0.15) is 6.61 Å². The van der Waals surface area contributed by atoms with Crippen LogP contribution in [0.1, 0.15) is 12.8 Å². The van der Waals surface area contributed by atoms with Gasteiger partial charge in [0.2, 0.25) is 0 Å². The van der Waals surface area contributed by atoms with E-state index in [0.717, 1.165) is 19.4 Å². The second-order valence-corrected chi connectivity index (χ2v) is 4.86. The Kier molecular flexibility index (Phi) is 3.10. The van der Waals surface area contributed by atoms with Crippen molar-refractivity contribution in [3.63, 3.8) is 0 Å². The van der Waals surface area contributed by atoms with E-state index < -0.39 is 0 Å². The van der Waals surface area contributed by atoms with Crippen LogP contribution in [0.25, 0.3) is 0 Å². The zero-order valence-electron chi connectivity index (χ0n) is 9.48. The number of hydrogen-bond acceptors (Lipinski definition) is 3. The fraction of sp³-hybridized carbons (Fsp3) is 0.750. The summed E-state index contributed by atoms with van der Waals surface area (Å²) in [4.78, 5) is 13.8. The molecule has 0 aromatic rings. The first kappa shape index (κ1) is 10.7. The van der Waals surface area contributed by atoms with Gasteiger partial charge in [0.25, 0.3) is 0 Å². The molecule has 2 aliphatic carbocycles. The zero-order chi connectivity index (χ0) is 10.8. The third-order valence-electron chi connectivity index (χ3n) is 3.36. The predicted molar refractivity (Wildman–Crippen MR) is 58.4 cm³/mol. The topological polar surface area (TPSA) is 29.5 Å². The minimum absolute atomic E-state index is 0.00806. The summed E-state index contributed by atoms with van der Waals surface area (Å²) in [6.45, 7) is 1.33. The molecule has 0 radical (unpaired) electrons. The Hall–Kier alpha value is -0.830. The lowest BCUT2D eigenvalue weighted by atomic mass is 9.94. The predicted octanol–water partition coefficient (Wildman–Crippen LogP) is 1.30. The van der Waals surface area contributed by atoms with Gasteiger partial charge in [-0.1, -0.05) is 12.2 Å². The van der Waals surface area contributed by atoms with Crippen molar-refractivity contribution in [2.45, 2.75) is 12.8 Å². The minimum atomic E-state index is 0.00806. The van der Waals surface area contributed by atoms with Gasteiger partial charge < -0.3 is 9.64 Å². The molecule has 1 fully saturated rings. The summed E-state index contributed by atoms with van der Waals surface area (Å²) in [7, 11) is 3.96. The Bertz CT molecular complexity index is 273. The minimum Gasteiger partial charge on any atom is -0.464 e. The maximum absolute atomic E-state index is 11.7. The first-order valence-electron chi connectivity index (χ1n) is 5.66. The van der Waals surface area contributed by atoms with E-state index in [9.17, 15) is 4.79 Å². The van der Waals surface area contributed by atoms with E-state index in [1.54, 1.807) is 0 Å². The molecule has 1 saturated carbocycles. The van der Waals surface area contributed by atoms with Gasteiger partial charge in [-0.05, 0) is 38.8 Å². The van der Waals surface area contributed by atoms with Crippen molar-refractivity contribution in [1.29, 1.82) is 0 Å². The summed E-state index contributed by atoms with van der Waals surface area (Å²) >= 11 is 0. The summed E-state index contributed by atoms with van der Waals surface area (Å²) in [6.07, 6.45) is 6.59. The molecule has 0 heterocycles. The molecule has 2 aliphatic rings. The lowest BCUT2D eigenvalue weighted by Gasteiger charge is -2.17. The van der Waals surface area contributed by atoms with Gasteiger partial charge in [0.15, 0.2) is 0 Å². The average molecular weight is 209 g/mol. The first-order chi connectivity index (χ1) is 7.16. The molecule has 0 amide bonds. The Morgan fingerprint density at radius 2 is 2.20 bits per heavy atom. The largest absolute Gasteiger partial charge is 0.464 e. The second-order valence-electron chi connectivity index (χ2n) is 4.86. The number of ether oxygens (including phenoxy) is 1. The van der Waals surface area contributed by atoms with Crippen LogP contribution in [0.5, 0.6) is 0 Å². The van der Waals surface area contributed by atoms with Gasteiger partial charge in [0, 0.05) is 6.54 Å². The van der Waals surface area contributed by atoms with E-state index in [4.69, 9.17) is 4.74 Å². The fourth-order valence-electron chi connectivity index (χ4n) is 2.49. The maximum atomic E-state index is 11.7. The van der Waals surface area contributed by atoms with E-state index in [0.29, 0.717) is 18.4 Å². The number of esters is 1. The third-order valence-corrected chi connectivity index (χ3v) is 3.36. The molecule has 2 bridgehead atoms. The smallest absolute Gasteiger partial charge is 0.309 e. The molecule has 0 spiro atoms. The molecule has 3 unspecified atom stereocenters. The molecule has 84 valence electrons. The number of rotatable bonds is 4. The highest BCUT2D eigenvalue weighted by Gasteiger charge is 2.40. The summed E-state index contributed by atoms with van der Waals surface area (Å²) in [5, 5.41) is 0. The van der Waals surface area contributed by atoms with Crippen LogP contribution in [0.3, 0.4) is 0 Å². The van der Waals surface area contributed by atoms with Crippen LogP contribution >= 0.6 is 0 Å². The molecule has 0 aliphatic heterocycles. The molecule has 0 aromatic heterocycles. The highest BCUT2D eigenvalue weighted by molar-refractivity contribution is 5.74. The van der Waals surface area contributed by atoms with Gasteiger partial charge >= 0.3 is 5.97 Å². The van der Waals surface area contributed by atoms with Crippen molar-refractivity contribution in [2.75, 3.05) is 27.2 Å². The number of fused-ring (bicyclic) bond motifs is 2. The van der Waals surface area contributed by atoms with Gasteiger partial charge in [-0.25, -0.2) is 0 Å². The van der Waals surface area contributed by atoms with Gasteiger partial charge in [-0.15, -0.1) is 0 Å². The Balaban J connectivity index is 1.75. The molecule has 3 atom stereocenters. The number of hydrogen-bond donors (Lipinski definition) is 0. The van der Waals surface area contributed by atoms with Gasteiger partial charge in [-0.2, -0.15) is 0 Å². The third kappa shape index (κ3) is 2.40. The molecule has 2 rings (SSSR count). The molecule has 3 heteroatoms. The molecule has 0 N–H and O–H groups in total. The first-order valence-corrected chi connectivity index (χ1v) is 5.66. The summed E-state index contributed by atoms with van der Waals surface area (Å²) in [6, 6.07) is 0. The van der Waals surface area contributed by atoms with E-state index in [2.05, 4.69) is 12.2 Å². The van der Waals surface area contributed by atoms with Crippen molar-refractivity contribution >= 4 is 5.97 Å². The van der Waals surface area contributed by atoms with Gasteiger partial charge in [-0.3, -0.25) is 4.79 Å². The standard InChI is InChI=1S/C12H19NO2/c1-13(2)5-6-15-12(14)11-8-9-3-4-10(11)7-9/h3-4,9-11H,5-8H2,1-2H3. The summed E-state index contributed by atoms with van der Waals surface area (Å²) < 4.78 is 5.27. The molecule has 15 heavy (non-hydrogen) atoms. The van der Waals surface area contributed by atoms with Crippen LogP contribution in [0.4, 0.5) is 0 Å². The molecule has 0 aromatic carbocycles. The van der Waals surface area contributed by atoms with Crippen LogP contribution in [0, 0.1) is 17.8 Å². The van der Waals surface area contributed by atoms with Crippen molar-refractivity contribution in [2.24, 2.45) is 17.8 Å². The number of allylic oxidation sites excluding steroid dienone is 2. The van der Waals surface area contributed by atoms with E-state index in [1.807, 2.05) is 19.0 Å². The Morgan fingerprint density at radius 3 is 2.73 bits per heavy atom. The number of nitrogens with zero attached hydrogens (tertiary/aromatic N) is 1. The highest BCUT2D eigenvalue weighted by Crippen LogP contribution is 2.43. The Morgan fingerprint density at radius 1 is 1.40 bits per heavy atom. The van der Waals surface area contributed by atoms with Crippen LogP contribution in [-0.2, 0) is 9.53 Å². The van der Waals surface area contributed by atoms with Crippen molar-refractivity contribution in [1.82, 2.24) is 4.90 Å². The molecular weight excluding hydrogens is 190 g/mol.